The standard InChI is InChI=1S/C18H20BNO6S/c1-25-10-16(21)8-14-7-15(20)4-5-18(14)27(23,24)11-12-2-3-13-9-26-19(22)17(13)6-12/h2-7,22H,8-11,20H2,1H3. The van der Waals surface area contributed by atoms with E-state index in [9.17, 15) is 18.2 Å². The second-order valence-corrected chi connectivity index (χ2v) is 8.43. The molecule has 0 atom stereocenters. The molecule has 3 N–H and O–H groups in total. The van der Waals surface area contributed by atoms with Crippen molar-refractivity contribution in [2.45, 2.75) is 23.7 Å². The van der Waals surface area contributed by atoms with Crippen molar-refractivity contribution in [2.24, 2.45) is 0 Å². The fourth-order valence-electron chi connectivity index (χ4n) is 3.12. The van der Waals surface area contributed by atoms with Gasteiger partial charge >= 0.3 is 7.12 Å². The van der Waals surface area contributed by atoms with Gasteiger partial charge in [-0.2, -0.15) is 0 Å². The minimum absolute atomic E-state index is 0.0680. The summed E-state index contributed by atoms with van der Waals surface area (Å²) in [4.78, 5) is 12.0. The van der Waals surface area contributed by atoms with Gasteiger partial charge in [0.2, 0.25) is 0 Å². The van der Waals surface area contributed by atoms with Crippen LogP contribution in [0.15, 0.2) is 41.3 Å². The summed E-state index contributed by atoms with van der Waals surface area (Å²) in [6, 6.07) is 9.51. The summed E-state index contributed by atoms with van der Waals surface area (Å²) in [6.07, 6.45) is -0.0792. The van der Waals surface area contributed by atoms with Crippen molar-refractivity contribution in [3.63, 3.8) is 0 Å². The lowest BCUT2D eigenvalue weighted by molar-refractivity contribution is -0.122. The van der Waals surface area contributed by atoms with Crippen molar-refractivity contribution in [1.29, 1.82) is 0 Å². The molecule has 0 radical (unpaired) electrons. The summed E-state index contributed by atoms with van der Waals surface area (Å²) in [5.74, 6) is -0.500. The molecule has 9 heteroatoms. The lowest BCUT2D eigenvalue weighted by Crippen LogP contribution is -2.28. The van der Waals surface area contributed by atoms with E-state index in [2.05, 4.69) is 0 Å². The van der Waals surface area contributed by atoms with Gasteiger partial charge in [-0.1, -0.05) is 18.2 Å². The van der Waals surface area contributed by atoms with Gasteiger partial charge < -0.3 is 20.1 Å². The minimum atomic E-state index is -3.73. The number of carbonyl (C=O) groups excluding carboxylic acids is 1. The van der Waals surface area contributed by atoms with Crippen LogP contribution >= 0.6 is 0 Å². The van der Waals surface area contributed by atoms with E-state index in [1.54, 1.807) is 18.2 Å². The van der Waals surface area contributed by atoms with Gasteiger partial charge in [-0.15, -0.1) is 0 Å². The van der Waals surface area contributed by atoms with Crippen LogP contribution in [-0.2, 0) is 42.8 Å². The molecule has 0 amide bonds. The topological polar surface area (TPSA) is 116 Å². The number of fused-ring (bicyclic) bond motifs is 1. The maximum Gasteiger partial charge on any atom is 0.491 e. The van der Waals surface area contributed by atoms with Crippen LogP contribution < -0.4 is 11.2 Å². The molecule has 1 heterocycles. The summed E-state index contributed by atoms with van der Waals surface area (Å²) >= 11 is 0. The number of benzene rings is 2. The number of anilines is 1. The number of methoxy groups -OCH3 is 1. The summed E-state index contributed by atoms with van der Waals surface area (Å²) < 4.78 is 35.9. The average molecular weight is 389 g/mol. The highest BCUT2D eigenvalue weighted by Gasteiger charge is 2.28. The molecule has 0 spiro atoms. The summed E-state index contributed by atoms with van der Waals surface area (Å²) in [5, 5.41) is 9.81. The number of nitrogen functional groups attached to an aromatic ring is 1. The molecular formula is C18H20BNO6S. The Labute approximate surface area is 158 Å². The van der Waals surface area contributed by atoms with Crippen LogP contribution in [0.25, 0.3) is 0 Å². The highest BCUT2D eigenvalue weighted by Crippen LogP contribution is 2.24. The van der Waals surface area contributed by atoms with Crippen molar-refractivity contribution in [3.8, 4) is 0 Å². The summed E-state index contributed by atoms with van der Waals surface area (Å²) in [7, 11) is -3.36. The molecular weight excluding hydrogens is 369 g/mol. The molecule has 0 aliphatic carbocycles. The molecule has 0 saturated carbocycles. The quantitative estimate of drug-likeness (QED) is 0.514. The number of rotatable bonds is 7. The number of nitrogens with two attached hydrogens (primary N) is 1. The zero-order valence-corrected chi connectivity index (χ0v) is 15.7. The smallest absolute Gasteiger partial charge is 0.423 e. The molecule has 3 rings (SSSR count). The third-order valence-electron chi connectivity index (χ3n) is 4.34. The molecule has 7 nitrogen and oxygen atoms in total. The third kappa shape index (κ3) is 4.38. The first-order valence-electron chi connectivity index (χ1n) is 8.33. The van der Waals surface area contributed by atoms with Gasteiger partial charge in [0.25, 0.3) is 0 Å². The number of sulfone groups is 1. The number of hydrogen-bond donors (Lipinski definition) is 2. The Bertz CT molecular complexity index is 976. The second-order valence-electron chi connectivity index (χ2n) is 6.47. The van der Waals surface area contributed by atoms with Crippen molar-refractivity contribution in [3.05, 3.63) is 53.1 Å². The molecule has 2 aromatic rings. The Morgan fingerprint density at radius 2 is 2.07 bits per heavy atom. The average Bonchev–Trinajstić information content (AvgIpc) is 2.95. The second kappa shape index (κ2) is 7.81. The molecule has 142 valence electrons. The largest absolute Gasteiger partial charge is 0.491 e. The van der Waals surface area contributed by atoms with Gasteiger partial charge in [0.15, 0.2) is 15.6 Å². The monoisotopic (exact) mass is 389 g/mol. The number of Topliss-reactive ketones (excluding diaryl/α,β-unsaturated/α-hetero) is 1. The fourth-order valence-corrected chi connectivity index (χ4v) is 4.70. The highest BCUT2D eigenvalue weighted by molar-refractivity contribution is 7.90. The molecule has 1 aliphatic heterocycles. The van der Waals surface area contributed by atoms with E-state index >= 15 is 0 Å². The molecule has 27 heavy (non-hydrogen) atoms. The first-order chi connectivity index (χ1) is 12.8. The zero-order valence-electron chi connectivity index (χ0n) is 14.8. The van der Waals surface area contributed by atoms with Crippen molar-refractivity contribution < 1.29 is 27.6 Å². The van der Waals surface area contributed by atoms with Crippen LogP contribution in [0.1, 0.15) is 16.7 Å². The Kier molecular flexibility index (Phi) is 5.66. The summed E-state index contributed by atoms with van der Waals surface area (Å²) in [6.45, 7) is 0.199. The van der Waals surface area contributed by atoms with Crippen LogP contribution in [-0.4, -0.2) is 40.1 Å². The van der Waals surface area contributed by atoms with Crippen LogP contribution in [0.3, 0.4) is 0 Å². The third-order valence-corrected chi connectivity index (χ3v) is 6.12. The van der Waals surface area contributed by atoms with E-state index in [0.29, 0.717) is 28.9 Å². The van der Waals surface area contributed by atoms with Crippen molar-refractivity contribution in [2.75, 3.05) is 19.5 Å². The lowest BCUT2D eigenvalue weighted by Gasteiger charge is -2.12. The van der Waals surface area contributed by atoms with Gasteiger partial charge in [0.05, 0.1) is 17.3 Å². The molecule has 0 saturated heterocycles. The van der Waals surface area contributed by atoms with E-state index in [4.69, 9.17) is 15.1 Å². The first kappa shape index (κ1) is 19.6. The highest BCUT2D eigenvalue weighted by atomic mass is 32.2. The maximum atomic E-state index is 13.0. The molecule has 0 unspecified atom stereocenters. The number of ketones is 1. The number of ether oxygens (including phenoxy) is 1. The van der Waals surface area contributed by atoms with Gasteiger partial charge in [-0.3, -0.25) is 4.79 Å². The van der Waals surface area contributed by atoms with Gasteiger partial charge in [-0.05, 0) is 40.4 Å². The van der Waals surface area contributed by atoms with Gasteiger partial charge in [0, 0.05) is 19.2 Å². The molecule has 0 fully saturated rings. The normalized spacial score (nSPS) is 13.6. The number of hydrogen-bond acceptors (Lipinski definition) is 7. The molecule has 1 aliphatic rings. The van der Waals surface area contributed by atoms with E-state index < -0.39 is 17.0 Å². The van der Waals surface area contributed by atoms with E-state index in [1.165, 1.54) is 25.3 Å². The van der Waals surface area contributed by atoms with E-state index in [-0.39, 0.29) is 29.5 Å². The SMILES string of the molecule is COCC(=O)Cc1cc(N)ccc1S(=O)(=O)Cc1ccc2c(c1)B(O)OC2. The Hall–Kier alpha value is -2.20. The van der Waals surface area contributed by atoms with Crippen LogP contribution in [0.5, 0.6) is 0 Å². The molecule has 2 aromatic carbocycles. The van der Waals surface area contributed by atoms with Gasteiger partial charge in [0.1, 0.15) is 6.61 Å². The predicted molar refractivity (Wildman–Crippen MR) is 101 cm³/mol. The van der Waals surface area contributed by atoms with E-state index in [1.807, 2.05) is 0 Å². The van der Waals surface area contributed by atoms with Crippen molar-refractivity contribution in [1.82, 2.24) is 0 Å². The lowest BCUT2D eigenvalue weighted by atomic mass is 9.79. The Morgan fingerprint density at radius 3 is 2.81 bits per heavy atom. The Balaban J connectivity index is 1.91. The summed E-state index contributed by atoms with van der Waals surface area (Å²) in [5.41, 5.74) is 8.45. The van der Waals surface area contributed by atoms with Crippen LogP contribution in [0.2, 0.25) is 0 Å². The minimum Gasteiger partial charge on any atom is -0.423 e. The zero-order chi connectivity index (χ0) is 19.6. The van der Waals surface area contributed by atoms with Gasteiger partial charge in [-0.25, -0.2) is 8.42 Å². The number of carbonyl (C=O) groups is 1. The van der Waals surface area contributed by atoms with E-state index in [0.717, 1.165) is 5.56 Å². The molecule has 0 bridgehead atoms. The van der Waals surface area contributed by atoms with Crippen LogP contribution in [0, 0.1) is 0 Å². The maximum absolute atomic E-state index is 13.0. The predicted octanol–water partition coefficient (Wildman–Crippen LogP) is 0.218. The molecule has 0 aromatic heterocycles. The first-order valence-corrected chi connectivity index (χ1v) is 9.98. The van der Waals surface area contributed by atoms with Crippen molar-refractivity contribution >= 4 is 33.9 Å². The Morgan fingerprint density at radius 1 is 1.30 bits per heavy atom. The fraction of sp³-hybridized carbons (Fsp3) is 0.278. The van der Waals surface area contributed by atoms with Crippen LogP contribution in [0.4, 0.5) is 5.69 Å².